The normalized spacial score (nSPS) is 14.5. The molecule has 0 atom stereocenters. The molecule has 4 rings (SSSR count). The van der Waals surface area contributed by atoms with Crippen LogP contribution in [0.1, 0.15) is 22.0 Å². The van der Waals surface area contributed by atoms with Crippen LogP contribution in [0.4, 0.5) is 0 Å². The van der Waals surface area contributed by atoms with Gasteiger partial charge >= 0.3 is 0 Å². The fourth-order valence-electron chi connectivity index (χ4n) is 3.07. The molecule has 0 unspecified atom stereocenters. The maximum Gasteiger partial charge on any atom is 0.255 e. The smallest absolute Gasteiger partial charge is 0.255 e. The molecule has 25 heavy (non-hydrogen) atoms. The van der Waals surface area contributed by atoms with Crippen LogP contribution in [0.15, 0.2) is 35.3 Å². The van der Waals surface area contributed by atoms with Gasteiger partial charge in [-0.15, -0.1) is 11.3 Å². The molecule has 7 heteroatoms. The number of H-pyrrole nitrogens is 1. The molecule has 0 radical (unpaired) electrons. The number of aryl methyl sites for hydroxylation is 1. The van der Waals surface area contributed by atoms with E-state index in [1.807, 2.05) is 37.4 Å². The fraction of sp³-hybridized carbons (Fsp3) is 0.278. The lowest BCUT2D eigenvalue weighted by molar-refractivity contribution is 0.243. The quantitative estimate of drug-likeness (QED) is 0.765. The molecule has 0 saturated heterocycles. The first-order valence-corrected chi connectivity index (χ1v) is 9.29. The van der Waals surface area contributed by atoms with Crippen LogP contribution in [0.5, 0.6) is 0 Å². The third-order valence-electron chi connectivity index (χ3n) is 4.29. The molecule has 0 saturated carbocycles. The second kappa shape index (κ2) is 6.71. The first kappa shape index (κ1) is 16.4. The zero-order chi connectivity index (χ0) is 17.4. The van der Waals surface area contributed by atoms with Crippen molar-refractivity contribution in [2.45, 2.75) is 26.4 Å². The van der Waals surface area contributed by atoms with Crippen LogP contribution in [-0.4, -0.2) is 26.4 Å². The SMILES string of the molecule is Cc1nc2c(c(=O)[nH]1)CN(Cc1cnc(-c3ccc(Cl)cc3)s1)CC2. The second-order valence-electron chi connectivity index (χ2n) is 6.18. The molecule has 0 bridgehead atoms. The van der Waals surface area contributed by atoms with Gasteiger partial charge in [-0.25, -0.2) is 9.97 Å². The van der Waals surface area contributed by atoms with E-state index in [9.17, 15) is 4.79 Å². The van der Waals surface area contributed by atoms with Gasteiger partial charge in [-0.3, -0.25) is 9.69 Å². The number of aromatic nitrogens is 3. The van der Waals surface area contributed by atoms with Gasteiger partial charge in [0.25, 0.3) is 5.56 Å². The Morgan fingerprint density at radius 1 is 1.32 bits per heavy atom. The van der Waals surface area contributed by atoms with E-state index in [0.29, 0.717) is 12.4 Å². The highest BCUT2D eigenvalue weighted by Gasteiger charge is 2.21. The number of hydrogen-bond donors (Lipinski definition) is 1. The Bertz CT molecular complexity index is 964. The van der Waals surface area contributed by atoms with Gasteiger partial charge in [-0.1, -0.05) is 23.7 Å². The predicted octanol–water partition coefficient (Wildman–Crippen LogP) is 3.41. The summed E-state index contributed by atoms with van der Waals surface area (Å²) < 4.78 is 0. The highest BCUT2D eigenvalue weighted by atomic mass is 35.5. The molecule has 5 nitrogen and oxygen atoms in total. The maximum absolute atomic E-state index is 12.2. The summed E-state index contributed by atoms with van der Waals surface area (Å²) in [4.78, 5) is 27.4. The number of aromatic amines is 1. The molecule has 2 aromatic heterocycles. The van der Waals surface area contributed by atoms with E-state index in [-0.39, 0.29) is 5.56 Å². The Morgan fingerprint density at radius 3 is 2.92 bits per heavy atom. The summed E-state index contributed by atoms with van der Waals surface area (Å²) in [7, 11) is 0. The van der Waals surface area contributed by atoms with Gasteiger partial charge in [0.05, 0.1) is 11.3 Å². The Labute approximate surface area is 154 Å². The third-order valence-corrected chi connectivity index (χ3v) is 5.57. The molecule has 3 heterocycles. The zero-order valence-electron chi connectivity index (χ0n) is 13.8. The highest BCUT2D eigenvalue weighted by molar-refractivity contribution is 7.15. The van der Waals surface area contributed by atoms with Gasteiger partial charge in [0.15, 0.2) is 0 Å². The van der Waals surface area contributed by atoms with E-state index in [1.54, 1.807) is 11.3 Å². The van der Waals surface area contributed by atoms with Crippen LogP contribution in [0.2, 0.25) is 5.02 Å². The van der Waals surface area contributed by atoms with E-state index in [4.69, 9.17) is 11.6 Å². The standard InChI is InChI=1S/C18H17ClN4OS/c1-11-21-16-6-7-23(10-15(16)17(24)22-11)9-14-8-20-18(25-14)12-2-4-13(19)5-3-12/h2-5,8H,6-7,9-10H2,1H3,(H,21,22,24). The zero-order valence-corrected chi connectivity index (χ0v) is 15.3. The van der Waals surface area contributed by atoms with Crippen LogP contribution >= 0.6 is 22.9 Å². The molecule has 0 aliphatic carbocycles. The molecule has 1 aliphatic heterocycles. The van der Waals surface area contributed by atoms with Crippen molar-refractivity contribution >= 4 is 22.9 Å². The molecule has 0 amide bonds. The number of nitrogens with zero attached hydrogens (tertiary/aromatic N) is 3. The summed E-state index contributed by atoms with van der Waals surface area (Å²) in [6, 6.07) is 7.72. The highest BCUT2D eigenvalue weighted by Crippen LogP contribution is 2.27. The van der Waals surface area contributed by atoms with E-state index in [1.165, 1.54) is 4.88 Å². The fourth-order valence-corrected chi connectivity index (χ4v) is 4.15. The van der Waals surface area contributed by atoms with Crippen molar-refractivity contribution in [3.8, 4) is 10.6 Å². The summed E-state index contributed by atoms with van der Waals surface area (Å²) in [5.41, 5.74) is 2.78. The van der Waals surface area contributed by atoms with E-state index in [0.717, 1.165) is 46.4 Å². The second-order valence-corrected chi connectivity index (χ2v) is 7.73. The minimum absolute atomic E-state index is 0.0154. The molecule has 1 aliphatic rings. The van der Waals surface area contributed by atoms with Gasteiger partial charge in [-0.05, 0) is 19.1 Å². The number of fused-ring (bicyclic) bond motifs is 1. The van der Waals surface area contributed by atoms with Gasteiger partial charge in [0.1, 0.15) is 10.8 Å². The van der Waals surface area contributed by atoms with Crippen LogP contribution < -0.4 is 5.56 Å². The van der Waals surface area contributed by atoms with Crippen LogP contribution in [-0.2, 0) is 19.5 Å². The summed E-state index contributed by atoms with van der Waals surface area (Å²) in [6.07, 6.45) is 2.73. The number of rotatable bonds is 3. The molecule has 0 spiro atoms. The van der Waals surface area contributed by atoms with Crippen molar-refractivity contribution in [1.82, 2.24) is 19.9 Å². The number of nitrogens with one attached hydrogen (secondary N) is 1. The van der Waals surface area contributed by atoms with Gasteiger partial charge in [0.2, 0.25) is 0 Å². The third kappa shape index (κ3) is 3.51. The van der Waals surface area contributed by atoms with Crippen molar-refractivity contribution in [3.05, 3.63) is 67.8 Å². The minimum Gasteiger partial charge on any atom is -0.310 e. The number of hydrogen-bond acceptors (Lipinski definition) is 5. The Morgan fingerprint density at radius 2 is 2.12 bits per heavy atom. The number of halogens is 1. The average Bonchev–Trinajstić information content (AvgIpc) is 3.04. The Kier molecular flexibility index (Phi) is 4.41. The summed E-state index contributed by atoms with van der Waals surface area (Å²) in [5.74, 6) is 0.687. The number of thiazole rings is 1. The Hall–Kier alpha value is -2.02. The lowest BCUT2D eigenvalue weighted by Gasteiger charge is -2.26. The molecule has 1 aromatic carbocycles. The predicted molar refractivity (Wildman–Crippen MR) is 100.0 cm³/mol. The first-order valence-electron chi connectivity index (χ1n) is 8.10. The van der Waals surface area contributed by atoms with Crippen molar-refractivity contribution in [2.24, 2.45) is 0 Å². The van der Waals surface area contributed by atoms with Gasteiger partial charge in [-0.2, -0.15) is 0 Å². The van der Waals surface area contributed by atoms with Crippen molar-refractivity contribution in [3.63, 3.8) is 0 Å². The van der Waals surface area contributed by atoms with Crippen LogP contribution in [0.25, 0.3) is 10.6 Å². The van der Waals surface area contributed by atoms with E-state index >= 15 is 0 Å². The van der Waals surface area contributed by atoms with Gasteiger partial charge < -0.3 is 4.98 Å². The van der Waals surface area contributed by atoms with Gasteiger partial charge in [0, 0.05) is 47.7 Å². The number of benzene rings is 1. The summed E-state index contributed by atoms with van der Waals surface area (Å²) in [5, 5.41) is 1.71. The Balaban J connectivity index is 1.50. The van der Waals surface area contributed by atoms with E-state index < -0.39 is 0 Å². The minimum atomic E-state index is -0.0154. The van der Waals surface area contributed by atoms with Crippen molar-refractivity contribution in [1.29, 1.82) is 0 Å². The van der Waals surface area contributed by atoms with Crippen LogP contribution in [0.3, 0.4) is 0 Å². The maximum atomic E-state index is 12.2. The first-order chi connectivity index (χ1) is 12.1. The molecule has 128 valence electrons. The average molecular weight is 373 g/mol. The summed E-state index contributed by atoms with van der Waals surface area (Å²) >= 11 is 7.62. The van der Waals surface area contributed by atoms with Crippen LogP contribution in [0, 0.1) is 6.92 Å². The lowest BCUT2D eigenvalue weighted by Crippen LogP contribution is -2.35. The summed E-state index contributed by atoms with van der Waals surface area (Å²) in [6.45, 7) is 4.14. The molecule has 0 fully saturated rings. The molecular weight excluding hydrogens is 356 g/mol. The van der Waals surface area contributed by atoms with Crippen molar-refractivity contribution in [2.75, 3.05) is 6.54 Å². The molecular formula is C18H17ClN4OS. The lowest BCUT2D eigenvalue weighted by atomic mass is 10.1. The molecule has 1 N–H and O–H groups in total. The molecule has 3 aromatic rings. The monoisotopic (exact) mass is 372 g/mol. The van der Waals surface area contributed by atoms with Crippen molar-refractivity contribution < 1.29 is 0 Å². The largest absolute Gasteiger partial charge is 0.310 e. The topological polar surface area (TPSA) is 61.9 Å². The van der Waals surface area contributed by atoms with E-state index in [2.05, 4.69) is 19.9 Å².